The van der Waals surface area contributed by atoms with Gasteiger partial charge >= 0.3 is 0 Å². The molecule has 1 saturated carbocycles. The number of fused-ring (bicyclic) bond motifs is 4. The highest BCUT2D eigenvalue weighted by Gasteiger charge is 2.72. The van der Waals surface area contributed by atoms with Gasteiger partial charge < -0.3 is 25.8 Å². The fourth-order valence-electron chi connectivity index (χ4n) is 12.2. The molecule has 354 valence electrons. The van der Waals surface area contributed by atoms with Gasteiger partial charge in [-0.05, 0) is 117 Å². The van der Waals surface area contributed by atoms with Crippen molar-refractivity contribution in [3.05, 3.63) is 123 Å². The van der Waals surface area contributed by atoms with Crippen LogP contribution in [0.4, 0.5) is 21.5 Å². The molecular formula is C52H54Cl2FN7O6. The molecule has 6 aliphatic rings. The summed E-state index contributed by atoms with van der Waals surface area (Å²) in [5.74, 6) is -3.27. The van der Waals surface area contributed by atoms with E-state index in [9.17, 15) is 28.8 Å². The van der Waals surface area contributed by atoms with Gasteiger partial charge in [-0.15, -0.1) is 0 Å². The molecule has 5 amide bonds. The topological polar surface area (TPSA) is 169 Å². The number of Topliss-reactive ketones (excluding diaryl/α,β-unsaturated/α-hetero) is 1. The Labute approximate surface area is 404 Å². The van der Waals surface area contributed by atoms with Crippen molar-refractivity contribution in [2.45, 2.75) is 119 Å². The van der Waals surface area contributed by atoms with Crippen LogP contribution >= 0.6 is 23.2 Å². The molecule has 4 aromatic carbocycles. The maximum Gasteiger partial charge on any atom is 0.255 e. The summed E-state index contributed by atoms with van der Waals surface area (Å²) in [4.78, 5) is 84.1. The summed E-state index contributed by atoms with van der Waals surface area (Å²) in [7, 11) is 0. The van der Waals surface area contributed by atoms with Crippen molar-refractivity contribution in [1.82, 2.24) is 20.4 Å². The van der Waals surface area contributed by atoms with Gasteiger partial charge in [-0.25, -0.2) is 4.39 Å². The number of carbonyl (C=O) groups is 6. The largest absolute Gasteiger partial charge is 0.382 e. The monoisotopic (exact) mass is 961 g/mol. The van der Waals surface area contributed by atoms with E-state index < -0.39 is 46.6 Å². The molecule has 3 saturated heterocycles. The van der Waals surface area contributed by atoms with Crippen molar-refractivity contribution < 1.29 is 33.2 Å². The van der Waals surface area contributed by atoms with Crippen LogP contribution in [0.5, 0.6) is 0 Å². The molecule has 1 unspecified atom stereocenters. The van der Waals surface area contributed by atoms with Gasteiger partial charge in [0, 0.05) is 88.7 Å². The number of nitrogens with one attached hydrogen (secondary N) is 5. The lowest BCUT2D eigenvalue weighted by molar-refractivity contribution is -0.137. The Balaban J connectivity index is 0.739. The van der Waals surface area contributed by atoms with Gasteiger partial charge in [-0.2, -0.15) is 0 Å². The summed E-state index contributed by atoms with van der Waals surface area (Å²) in [6.45, 7) is 3.00. The summed E-state index contributed by atoms with van der Waals surface area (Å²) in [5.41, 5.74) is 2.60. The third-order valence-electron chi connectivity index (χ3n) is 15.4. The van der Waals surface area contributed by atoms with E-state index in [1.807, 2.05) is 18.2 Å². The van der Waals surface area contributed by atoms with Gasteiger partial charge in [0.1, 0.15) is 17.3 Å². The molecule has 1 aliphatic carbocycles. The average molecular weight is 963 g/mol. The van der Waals surface area contributed by atoms with E-state index in [1.54, 1.807) is 59.5 Å². The van der Waals surface area contributed by atoms with Crippen molar-refractivity contribution >= 4 is 75.6 Å². The van der Waals surface area contributed by atoms with Crippen molar-refractivity contribution in [3.63, 3.8) is 0 Å². The van der Waals surface area contributed by atoms with Gasteiger partial charge in [0.2, 0.25) is 23.6 Å². The lowest BCUT2D eigenvalue weighted by Crippen LogP contribution is -2.60. The highest BCUT2D eigenvalue weighted by molar-refractivity contribution is 6.31. The minimum atomic E-state index is -1.34. The summed E-state index contributed by atoms with van der Waals surface area (Å²) >= 11 is 12.8. The maximum atomic E-state index is 16.3. The third-order valence-corrected chi connectivity index (χ3v) is 16.0. The number of imide groups is 1. The maximum absolute atomic E-state index is 16.3. The van der Waals surface area contributed by atoms with Crippen LogP contribution in [-0.2, 0) is 31.1 Å². The SMILES string of the molecule is O=C1CCC(N2Cc3c(NC4CCN(CCCCC(=O)c5ccc(NC(=O)[C@@H]6NC7(CCCCC7)[C@@]7(C(=O)Nc8cc(Cl)ccc87)[C@H]6c6cccc(Cl)c6F)cc5)CC4)cccc3C2=O)C(=O)N1. The number of anilines is 3. The van der Waals surface area contributed by atoms with Gasteiger partial charge in [-0.1, -0.05) is 66.7 Å². The molecule has 5 heterocycles. The zero-order chi connectivity index (χ0) is 47.3. The Bertz CT molecular complexity index is 2700. The van der Waals surface area contributed by atoms with E-state index in [2.05, 4.69) is 31.5 Å². The van der Waals surface area contributed by atoms with Gasteiger partial charge in [0.25, 0.3) is 5.91 Å². The molecule has 16 heteroatoms. The molecule has 0 aromatic heterocycles. The number of carbonyl (C=O) groups excluding carboxylic acids is 6. The predicted octanol–water partition coefficient (Wildman–Crippen LogP) is 8.11. The van der Waals surface area contributed by atoms with Crippen LogP contribution in [0.1, 0.15) is 120 Å². The molecule has 13 nitrogen and oxygen atoms in total. The number of likely N-dealkylation sites (tertiary alicyclic amines) is 1. The number of hydrogen-bond acceptors (Lipinski definition) is 9. The second-order valence-corrected chi connectivity index (χ2v) is 20.1. The Morgan fingerprint density at radius 3 is 2.38 bits per heavy atom. The minimum Gasteiger partial charge on any atom is -0.382 e. The van der Waals surface area contributed by atoms with Crippen molar-refractivity contribution in [2.24, 2.45) is 0 Å². The number of amides is 5. The van der Waals surface area contributed by atoms with E-state index in [1.165, 1.54) is 6.07 Å². The number of piperidine rings is 2. The zero-order valence-corrected chi connectivity index (χ0v) is 39.1. The van der Waals surface area contributed by atoms with Crippen molar-refractivity contribution in [1.29, 1.82) is 0 Å². The van der Waals surface area contributed by atoms with Crippen LogP contribution in [0, 0.1) is 5.82 Å². The first-order valence-electron chi connectivity index (χ1n) is 23.9. The van der Waals surface area contributed by atoms with Crippen LogP contribution in [0.15, 0.2) is 78.9 Å². The molecule has 2 spiro atoms. The molecule has 5 N–H and O–H groups in total. The first-order valence-corrected chi connectivity index (χ1v) is 24.6. The van der Waals surface area contributed by atoms with Crippen molar-refractivity contribution in [2.75, 3.05) is 35.6 Å². The van der Waals surface area contributed by atoms with Gasteiger partial charge in [0.05, 0.1) is 11.1 Å². The fourth-order valence-corrected chi connectivity index (χ4v) is 12.5. The fraction of sp³-hybridized carbons (Fsp3) is 0.423. The van der Waals surface area contributed by atoms with E-state index in [0.717, 1.165) is 75.8 Å². The first kappa shape index (κ1) is 46.1. The normalized spacial score (nSPS) is 24.5. The minimum absolute atomic E-state index is 0.0111. The lowest BCUT2D eigenvalue weighted by Gasteiger charge is -2.47. The number of nitrogens with zero attached hydrogens (tertiary/aromatic N) is 2. The van der Waals surface area contributed by atoms with E-state index >= 15 is 4.39 Å². The molecule has 4 fully saturated rings. The number of hydrogen-bond donors (Lipinski definition) is 5. The second-order valence-electron chi connectivity index (χ2n) is 19.3. The van der Waals surface area contributed by atoms with E-state index in [4.69, 9.17) is 23.2 Å². The number of benzene rings is 4. The van der Waals surface area contributed by atoms with Gasteiger partial charge in [0.15, 0.2) is 5.78 Å². The molecule has 5 aliphatic heterocycles. The number of rotatable bonds is 12. The molecular weight excluding hydrogens is 909 g/mol. The van der Waals surface area contributed by atoms with E-state index in [0.29, 0.717) is 65.3 Å². The number of unbranched alkanes of at least 4 members (excludes halogenated alkanes) is 1. The molecule has 4 atom stereocenters. The highest BCUT2D eigenvalue weighted by Crippen LogP contribution is 2.63. The molecule has 4 aromatic rings. The summed E-state index contributed by atoms with van der Waals surface area (Å²) < 4.78 is 16.3. The Kier molecular flexibility index (Phi) is 12.7. The summed E-state index contributed by atoms with van der Waals surface area (Å²) in [5, 5.41) is 16.1. The van der Waals surface area contributed by atoms with Crippen LogP contribution in [-0.4, -0.2) is 88.4 Å². The second kappa shape index (κ2) is 18.7. The van der Waals surface area contributed by atoms with Gasteiger partial charge in [-0.3, -0.25) is 39.4 Å². The number of halogens is 3. The Morgan fingerprint density at radius 1 is 0.853 bits per heavy atom. The smallest absolute Gasteiger partial charge is 0.255 e. The quantitative estimate of drug-likeness (QED) is 0.0535. The number of ketones is 1. The predicted molar refractivity (Wildman–Crippen MR) is 257 cm³/mol. The molecule has 0 bridgehead atoms. The average Bonchev–Trinajstić information content (AvgIpc) is 3.93. The van der Waals surface area contributed by atoms with Crippen LogP contribution in [0.2, 0.25) is 10.0 Å². The Hall–Kier alpha value is -5.67. The summed E-state index contributed by atoms with van der Waals surface area (Å²) in [6.07, 6.45) is 8.21. The third kappa shape index (κ3) is 8.16. The van der Waals surface area contributed by atoms with Crippen LogP contribution in [0.25, 0.3) is 0 Å². The lowest BCUT2D eigenvalue weighted by atomic mass is 9.55. The standard InChI is InChI=1S/C52H54Cl2FN7O6/c53-31-15-18-37-40(28-31)58-50(68)52(37)44(35-9-6-10-38(54)45(35)55)46(60-51(52)23-3-1-4-24-51)48(66)57-32-16-13-30(14-17-32)42(63)12-2-5-25-61-26-21-33(22-27-61)56-39-11-7-8-34-36(39)29-62(49(34)67)41-19-20-43(64)59-47(41)65/h6-11,13-18,28,33,41,44,46,56,60H,1-5,12,19-27,29H2,(H,57,66)(H,58,68)(H,59,64,65)/t41?,44-,46+,52+/m0/s1. The van der Waals surface area contributed by atoms with E-state index in [-0.39, 0.29) is 46.6 Å². The van der Waals surface area contributed by atoms with Crippen LogP contribution in [0.3, 0.4) is 0 Å². The summed E-state index contributed by atoms with van der Waals surface area (Å²) in [6, 6.07) is 21.0. The molecule has 10 rings (SSSR count). The zero-order valence-electron chi connectivity index (χ0n) is 37.6. The molecule has 0 radical (unpaired) electrons. The van der Waals surface area contributed by atoms with Crippen LogP contribution < -0.4 is 26.6 Å². The van der Waals surface area contributed by atoms with Crippen molar-refractivity contribution in [3.8, 4) is 0 Å². The molecule has 68 heavy (non-hydrogen) atoms. The highest BCUT2D eigenvalue weighted by atomic mass is 35.5. The Morgan fingerprint density at radius 2 is 1.62 bits per heavy atom. The first-order chi connectivity index (χ1) is 32.9.